The third kappa shape index (κ3) is 5.82. The fraction of sp³-hybridized carbons (Fsp3) is 0.417. The molecule has 1 aromatic carbocycles. The van der Waals surface area contributed by atoms with Gasteiger partial charge in [0.05, 0.1) is 4.92 Å². The molecule has 0 aliphatic rings. The zero-order valence-electron chi connectivity index (χ0n) is 11.0. The van der Waals surface area contributed by atoms with Gasteiger partial charge < -0.3 is 15.5 Å². The summed E-state index contributed by atoms with van der Waals surface area (Å²) in [5.74, 6) is 0. The number of nitrogens with zero attached hydrogens (tertiary/aromatic N) is 2. The quantitative estimate of drug-likeness (QED) is 0.466. The van der Waals surface area contributed by atoms with E-state index in [1.165, 1.54) is 18.2 Å². The molecule has 19 heavy (non-hydrogen) atoms. The lowest BCUT2D eigenvalue weighted by Gasteiger charge is -2.10. The molecule has 2 amide bonds. The van der Waals surface area contributed by atoms with E-state index in [4.69, 9.17) is 0 Å². The van der Waals surface area contributed by atoms with E-state index in [9.17, 15) is 14.9 Å². The second-order valence-electron chi connectivity index (χ2n) is 4.35. The number of amides is 2. The van der Waals surface area contributed by atoms with Gasteiger partial charge in [-0.05, 0) is 33.1 Å². The van der Waals surface area contributed by atoms with Crippen molar-refractivity contribution in [3.05, 3.63) is 34.4 Å². The third-order valence-corrected chi connectivity index (χ3v) is 2.38. The number of nitro benzene ring substituents is 1. The summed E-state index contributed by atoms with van der Waals surface area (Å²) in [6, 6.07) is 5.46. The Kier molecular flexibility index (Phi) is 5.74. The fourth-order valence-corrected chi connectivity index (χ4v) is 1.47. The Bertz CT molecular complexity index is 448. The van der Waals surface area contributed by atoms with Crippen LogP contribution < -0.4 is 10.6 Å². The van der Waals surface area contributed by atoms with Crippen LogP contribution in [0.1, 0.15) is 6.42 Å². The second-order valence-corrected chi connectivity index (χ2v) is 4.35. The molecule has 104 valence electrons. The highest BCUT2D eigenvalue weighted by Crippen LogP contribution is 2.16. The maximum atomic E-state index is 11.5. The van der Waals surface area contributed by atoms with Crippen LogP contribution in [0.2, 0.25) is 0 Å². The van der Waals surface area contributed by atoms with Crippen LogP contribution in [0.25, 0.3) is 0 Å². The molecule has 0 spiro atoms. The lowest BCUT2D eigenvalue weighted by atomic mass is 10.3. The molecule has 7 heteroatoms. The Labute approximate surface area is 111 Å². The smallest absolute Gasteiger partial charge is 0.319 e. The number of non-ortho nitro benzene ring substituents is 1. The molecular formula is C12H18N4O3. The monoisotopic (exact) mass is 266 g/mol. The minimum Gasteiger partial charge on any atom is -0.338 e. The van der Waals surface area contributed by atoms with Crippen molar-refractivity contribution in [1.29, 1.82) is 0 Å². The van der Waals surface area contributed by atoms with Crippen LogP contribution in [0.3, 0.4) is 0 Å². The number of hydrogen-bond donors (Lipinski definition) is 2. The number of carbonyl (C=O) groups is 1. The van der Waals surface area contributed by atoms with Gasteiger partial charge >= 0.3 is 6.03 Å². The van der Waals surface area contributed by atoms with Crippen LogP contribution in [-0.4, -0.2) is 43.0 Å². The Balaban J connectivity index is 2.40. The van der Waals surface area contributed by atoms with Gasteiger partial charge in [-0.25, -0.2) is 4.79 Å². The maximum Gasteiger partial charge on any atom is 0.319 e. The van der Waals surface area contributed by atoms with Crippen LogP contribution >= 0.6 is 0 Å². The predicted molar refractivity (Wildman–Crippen MR) is 73.3 cm³/mol. The number of anilines is 1. The molecule has 0 radical (unpaired) electrons. The Hall–Kier alpha value is -2.15. The number of rotatable bonds is 6. The van der Waals surface area contributed by atoms with Crippen LogP contribution in [0.5, 0.6) is 0 Å². The van der Waals surface area contributed by atoms with Gasteiger partial charge in [0.2, 0.25) is 0 Å². The van der Waals surface area contributed by atoms with Crippen molar-refractivity contribution >= 4 is 17.4 Å². The summed E-state index contributed by atoms with van der Waals surface area (Å²) < 4.78 is 0. The summed E-state index contributed by atoms with van der Waals surface area (Å²) in [5, 5.41) is 15.8. The zero-order chi connectivity index (χ0) is 14.3. The van der Waals surface area contributed by atoms with E-state index < -0.39 is 4.92 Å². The molecule has 0 saturated heterocycles. The van der Waals surface area contributed by atoms with E-state index in [1.807, 2.05) is 19.0 Å². The maximum absolute atomic E-state index is 11.5. The number of benzene rings is 1. The molecule has 0 atom stereocenters. The molecule has 7 nitrogen and oxygen atoms in total. The first-order valence-corrected chi connectivity index (χ1v) is 5.93. The zero-order valence-corrected chi connectivity index (χ0v) is 11.0. The van der Waals surface area contributed by atoms with Crippen molar-refractivity contribution in [1.82, 2.24) is 10.2 Å². The van der Waals surface area contributed by atoms with Gasteiger partial charge in [-0.15, -0.1) is 0 Å². The van der Waals surface area contributed by atoms with E-state index in [-0.39, 0.29) is 11.7 Å². The Morgan fingerprint density at radius 1 is 1.42 bits per heavy atom. The van der Waals surface area contributed by atoms with Crippen LogP contribution in [0.4, 0.5) is 16.2 Å². The number of hydrogen-bond acceptors (Lipinski definition) is 4. The molecule has 0 heterocycles. The summed E-state index contributed by atoms with van der Waals surface area (Å²) in [6.07, 6.45) is 0.843. The average Bonchev–Trinajstić information content (AvgIpc) is 2.34. The van der Waals surface area contributed by atoms with Crippen molar-refractivity contribution in [2.45, 2.75) is 6.42 Å². The fourth-order valence-electron chi connectivity index (χ4n) is 1.47. The molecule has 0 unspecified atom stereocenters. The average molecular weight is 266 g/mol. The molecule has 2 N–H and O–H groups in total. The van der Waals surface area contributed by atoms with Crippen LogP contribution in [0.15, 0.2) is 24.3 Å². The lowest BCUT2D eigenvalue weighted by molar-refractivity contribution is -0.384. The molecule has 1 aromatic rings. The van der Waals surface area contributed by atoms with E-state index in [1.54, 1.807) is 6.07 Å². The predicted octanol–water partition coefficient (Wildman–Crippen LogP) is 1.67. The van der Waals surface area contributed by atoms with Crippen LogP contribution in [-0.2, 0) is 0 Å². The standard InChI is InChI=1S/C12H18N4O3/c1-15(2)8-4-7-13-12(17)14-10-5-3-6-11(9-10)16(18)19/h3,5-6,9H,4,7-8H2,1-2H3,(H2,13,14,17). The van der Waals surface area contributed by atoms with Gasteiger partial charge in [0.1, 0.15) is 0 Å². The summed E-state index contributed by atoms with van der Waals surface area (Å²) >= 11 is 0. The topological polar surface area (TPSA) is 87.5 Å². The van der Waals surface area contributed by atoms with E-state index in [2.05, 4.69) is 10.6 Å². The Morgan fingerprint density at radius 3 is 2.79 bits per heavy atom. The van der Waals surface area contributed by atoms with E-state index in [0.29, 0.717) is 12.2 Å². The highest BCUT2D eigenvalue weighted by atomic mass is 16.6. The molecule has 0 saturated carbocycles. The highest BCUT2D eigenvalue weighted by molar-refractivity contribution is 5.89. The minimum absolute atomic E-state index is 0.0505. The van der Waals surface area contributed by atoms with Gasteiger partial charge in [-0.3, -0.25) is 10.1 Å². The largest absolute Gasteiger partial charge is 0.338 e. The SMILES string of the molecule is CN(C)CCCNC(=O)Nc1cccc([N+](=O)[O-])c1. The number of carbonyl (C=O) groups excluding carboxylic acids is 1. The molecule has 0 aromatic heterocycles. The van der Waals surface area contributed by atoms with Gasteiger partial charge in [0.15, 0.2) is 0 Å². The van der Waals surface area contributed by atoms with E-state index in [0.717, 1.165) is 13.0 Å². The van der Waals surface area contributed by atoms with Crippen molar-refractivity contribution < 1.29 is 9.72 Å². The second kappa shape index (κ2) is 7.32. The minimum atomic E-state index is -0.500. The first-order valence-electron chi connectivity index (χ1n) is 5.93. The van der Waals surface area contributed by atoms with Crippen LogP contribution in [0, 0.1) is 10.1 Å². The highest BCUT2D eigenvalue weighted by Gasteiger charge is 2.07. The number of nitro groups is 1. The number of urea groups is 1. The summed E-state index contributed by atoms with van der Waals surface area (Å²) in [7, 11) is 3.92. The molecule has 1 rings (SSSR count). The third-order valence-electron chi connectivity index (χ3n) is 2.38. The Morgan fingerprint density at radius 2 is 2.16 bits per heavy atom. The van der Waals surface area contributed by atoms with Gasteiger partial charge in [-0.1, -0.05) is 6.07 Å². The lowest BCUT2D eigenvalue weighted by Crippen LogP contribution is -2.31. The molecular weight excluding hydrogens is 248 g/mol. The molecule has 0 aliphatic heterocycles. The summed E-state index contributed by atoms with van der Waals surface area (Å²) in [5.41, 5.74) is 0.352. The first-order chi connectivity index (χ1) is 8.99. The van der Waals surface area contributed by atoms with Gasteiger partial charge in [0.25, 0.3) is 5.69 Å². The molecule has 0 aliphatic carbocycles. The number of nitrogens with one attached hydrogen (secondary N) is 2. The van der Waals surface area contributed by atoms with Crippen molar-refractivity contribution in [3.63, 3.8) is 0 Å². The molecule has 0 fully saturated rings. The van der Waals surface area contributed by atoms with Crippen molar-refractivity contribution in [2.24, 2.45) is 0 Å². The van der Waals surface area contributed by atoms with Crippen molar-refractivity contribution in [2.75, 3.05) is 32.5 Å². The first kappa shape index (κ1) is 14.9. The molecule has 0 bridgehead atoms. The summed E-state index contributed by atoms with van der Waals surface area (Å²) in [4.78, 5) is 23.6. The van der Waals surface area contributed by atoms with E-state index >= 15 is 0 Å². The van der Waals surface area contributed by atoms with Crippen molar-refractivity contribution in [3.8, 4) is 0 Å². The van der Waals surface area contributed by atoms with Gasteiger partial charge in [-0.2, -0.15) is 0 Å². The van der Waals surface area contributed by atoms with Gasteiger partial charge in [0, 0.05) is 24.4 Å². The summed E-state index contributed by atoms with van der Waals surface area (Å²) in [6.45, 7) is 1.44. The normalized spacial score (nSPS) is 10.3.